The van der Waals surface area contributed by atoms with Gasteiger partial charge in [-0.15, -0.1) is 0 Å². The van der Waals surface area contributed by atoms with Gasteiger partial charge in [-0.25, -0.2) is 0 Å². The van der Waals surface area contributed by atoms with Gasteiger partial charge < -0.3 is 15.2 Å². The molecule has 0 unspecified atom stereocenters. The number of hydrogen-bond donors (Lipinski definition) is 2. The van der Waals surface area contributed by atoms with Crippen LogP contribution in [-0.2, 0) is 4.79 Å². The Bertz CT molecular complexity index is 388. The largest absolute Gasteiger partial charge is 0.493 e. The van der Waals surface area contributed by atoms with E-state index in [1.165, 1.54) is 0 Å². The molecule has 17 heavy (non-hydrogen) atoms. The van der Waals surface area contributed by atoms with Crippen molar-refractivity contribution in [2.24, 2.45) is 0 Å². The molecule has 0 aliphatic heterocycles. The van der Waals surface area contributed by atoms with Crippen molar-refractivity contribution < 1.29 is 14.6 Å². The maximum absolute atomic E-state index is 11.0. The van der Waals surface area contributed by atoms with Crippen molar-refractivity contribution >= 4 is 5.91 Å². The Morgan fingerprint density at radius 1 is 1.53 bits per heavy atom. The zero-order chi connectivity index (χ0) is 12.8. The van der Waals surface area contributed by atoms with E-state index in [-0.39, 0.29) is 5.91 Å². The average molecular weight is 237 g/mol. The fraction of sp³-hybridized carbons (Fsp3) is 0.462. The third-order valence-electron chi connectivity index (χ3n) is 2.55. The number of benzene rings is 1. The lowest BCUT2D eigenvalue weighted by Gasteiger charge is -2.11. The Labute approximate surface area is 102 Å². The van der Waals surface area contributed by atoms with Gasteiger partial charge in [-0.2, -0.15) is 0 Å². The number of aliphatic hydroxyl groups excluding tert-OH is 1. The molecule has 1 atom stereocenters. The lowest BCUT2D eigenvalue weighted by Crippen LogP contribution is -2.20. The van der Waals surface area contributed by atoms with Crippen LogP contribution in [0.5, 0.6) is 5.75 Å². The Morgan fingerprint density at radius 2 is 2.24 bits per heavy atom. The van der Waals surface area contributed by atoms with Gasteiger partial charge >= 0.3 is 0 Å². The van der Waals surface area contributed by atoms with Crippen molar-refractivity contribution in [3.05, 3.63) is 29.3 Å². The van der Waals surface area contributed by atoms with Crippen LogP contribution in [0.2, 0.25) is 0 Å². The second-order valence-corrected chi connectivity index (χ2v) is 3.97. The number of carbonyl (C=O) groups is 1. The molecule has 1 aromatic rings. The van der Waals surface area contributed by atoms with Crippen LogP contribution in [0.1, 0.15) is 30.6 Å². The Balaban J connectivity index is 2.57. The van der Waals surface area contributed by atoms with Gasteiger partial charge in [0.25, 0.3) is 0 Å². The molecule has 94 valence electrons. The summed E-state index contributed by atoms with van der Waals surface area (Å²) in [4.78, 5) is 11.0. The zero-order valence-corrected chi connectivity index (χ0v) is 10.5. The van der Waals surface area contributed by atoms with Gasteiger partial charge in [0.05, 0.1) is 19.1 Å². The van der Waals surface area contributed by atoms with Crippen LogP contribution in [0.25, 0.3) is 0 Å². The molecule has 2 N–H and O–H groups in total. The molecule has 0 saturated carbocycles. The second-order valence-electron chi connectivity index (χ2n) is 3.97. The molecule has 4 nitrogen and oxygen atoms in total. The molecule has 0 fully saturated rings. The van der Waals surface area contributed by atoms with E-state index in [2.05, 4.69) is 5.32 Å². The molecule has 0 aliphatic carbocycles. The standard InChI is InChI=1S/C13H19NO3/c1-9-8-11(10(2)15)4-5-12(9)17-7-6-13(16)14-3/h4-5,8,10,15H,6-7H2,1-3H3,(H,14,16)/t10-/m1/s1. The summed E-state index contributed by atoms with van der Waals surface area (Å²) in [6.07, 6.45) is -0.137. The summed E-state index contributed by atoms with van der Waals surface area (Å²) < 4.78 is 5.50. The van der Waals surface area contributed by atoms with Crippen molar-refractivity contribution in [3.63, 3.8) is 0 Å². The number of aryl methyl sites for hydroxylation is 1. The molecule has 0 spiro atoms. The van der Waals surface area contributed by atoms with E-state index in [9.17, 15) is 9.90 Å². The van der Waals surface area contributed by atoms with Crippen molar-refractivity contribution in [3.8, 4) is 5.75 Å². The van der Waals surface area contributed by atoms with Gasteiger partial charge in [-0.1, -0.05) is 6.07 Å². The number of amides is 1. The molecule has 0 saturated heterocycles. The highest BCUT2D eigenvalue weighted by molar-refractivity contribution is 5.75. The number of aliphatic hydroxyl groups is 1. The monoisotopic (exact) mass is 237 g/mol. The van der Waals surface area contributed by atoms with Crippen molar-refractivity contribution in [2.45, 2.75) is 26.4 Å². The molecule has 0 aliphatic rings. The predicted molar refractivity (Wildman–Crippen MR) is 66.0 cm³/mol. The van der Waals surface area contributed by atoms with E-state index in [0.717, 1.165) is 16.9 Å². The summed E-state index contributed by atoms with van der Waals surface area (Å²) in [6, 6.07) is 5.54. The smallest absolute Gasteiger partial charge is 0.223 e. The average Bonchev–Trinajstić information content (AvgIpc) is 2.30. The first kappa shape index (κ1) is 13.5. The quantitative estimate of drug-likeness (QED) is 0.817. The van der Waals surface area contributed by atoms with Crippen molar-refractivity contribution in [1.82, 2.24) is 5.32 Å². The van der Waals surface area contributed by atoms with Crippen LogP contribution >= 0.6 is 0 Å². The molecule has 1 rings (SSSR count). The second kappa shape index (κ2) is 6.25. The summed E-state index contributed by atoms with van der Waals surface area (Å²) in [7, 11) is 1.60. The van der Waals surface area contributed by atoms with Crippen LogP contribution in [0, 0.1) is 6.92 Å². The van der Waals surface area contributed by atoms with Gasteiger partial charge in [-0.3, -0.25) is 4.79 Å². The first-order valence-electron chi connectivity index (χ1n) is 5.66. The van der Waals surface area contributed by atoms with Gasteiger partial charge in [0.2, 0.25) is 5.91 Å². The minimum Gasteiger partial charge on any atom is -0.493 e. The maximum Gasteiger partial charge on any atom is 0.223 e. The first-order valence-corrected chi connectivity index (χ1v) is 5.66. The van der Waals surface area contributed by atoms with Gasteiger partial charge in [-0.05, 0) is 37.1 Å². The van der Waals surface area contributed by atoms with Gasteiger partial charge in [0, 0.05) is 7.05 Å². The fourth-order valence-electron chi connectivity index (χ4n) is 1.47. The molecular formula is C13H19NO3. The lowest BCUT2D eigenvalue weighted by atomic mass is 10.1. The fourth-order valence-corrected chi connectivity index (χ4v) is 1.47. The minimum absolute atomic E-state index is 0.0387. The minimum atomic E-state index is -0.478. The number of carbonyl (C=O) groups excluding carboxylic acids is 1. The lowest BCUT2D eigenvalue weighted by molar-refractivity contribution is -0.121. The van der Waals surface area contributed by atoms with E-state index in [0.29, 0.717) is 13.0 Å². The topological polar surface area (TPSA) is 58.6 Å². The van der Waals surface area contributed by atoms with E-state index in [1.54, 1.807) is 14.0 Å². The number of rotatable bonds is 5. The van der Waals surface area contributed by atoms with E-state index < -0.39 is 6.10 Å². The predicted octanol–water partition coefficient (Wildman–Crippen LogP) is 1.56. The van der Waals surface area contributed by atoms with Crippen molar-refractivity contribution in [1.29, 1.82) is 0 Å². The Kier molecular flexibility index (Phi) is 4.97. The Morgan fingerprint density at radius 3 is 2.76 bits per heavy atom. The van der Waals surface area contributed by atoms with Crippen LogP contribution in [0.15, 0.2) is 18.2 Å². The van der Waals surface area contributed by atoms with Crippen LogP contribution < -0.4 is 10.1 Å². The molecule has 0 heterocycles. The SMILES string of the molecule is CNC(=O)CCOc1ccc([C@@H](C)O)cc1C. The van der Waals surface area contributed by atoms with E-state index >= 15 is 0 Å². The summed E-state index contributed by atoms with van der Waals surface area (Å²) in [5.41, 5.74) is 1.82. The van der Waals surface area contributed by atoms with E-state index in [4.69, 9.17) is 4.74 Å². The normalized spacial score (nSPS) is 12.0. The molecule has 4 heteroatoms. The number of hydrogen-bond acceptors (Lipinski definition) is 3. The molecule has 0 aromatic heterocycles. The van der Waals surface area contributed by atoms with E-state index in [1.807, 2.05) is 25.1 Å². The third kappa shape index (κ3) is 4.07. The summed E-state index contributed by atoms with van der Waals surface area (Å²) in [5, 5.41) is 12.0. The highest BCUT2D eigenvalue weighted by atomic mass is 16.5. The van der Waals surface area contributed by atoms with Crippen molar-refractivity contribution in [2.75, 3.05) is 13.7 Å². The molecule has 0 radical (unpaired) electrons. The molecule has 1 aromatic carbocycles. The molecular weight excluding hydrogens is 218 g/mol. The zero-order valence-electron chi connectivity index (χ0n) is 10.5. The summed E-state index contributed by atoms with van der Waals surface area (Å²) in [6.45, 7) is 4.00. The third-order valence-corrected chi connectivity index (χ3v) is 2.55. The molecule has 0 bridgehead atoms. The highest BCUT2D eigenvalue weighted by Gasteiger charge is 2.05. The van der Waals surface area contributed by atoms with Crippen LogP contribution in [0.4, 0.5) is 0 Å². The highest BCUT2D eigenvalue weighted by Crippen LogP contribution is 2.22. The molecule has 1 amide bonds. The van der Waals surface area contributed by atoms with Gasteiger partial charge in [0.15, 0.2) is 0 Å². The van der Waals surface area contributed by atoms with Crippen LogP contribution in [-0.4, -0.2) is 24.7 Å². The van der Waals surface area contributed by atoms with Gasteiger partial charge in [0.1, 0.15) is 5.75 Å². The number of nitrogens with one attached hydrogen (secondary N) is 1. The van der Waals surface area contributed by atoms with Crippen LogP contribution in [0.3, 0.4) is 0 Å². The number of ether oxygens (including phenoxy) is 1. The Hall–Kier alpha value is -1.55. The summed E-state index contributed by atoms with van der Waals surface area (Å²) in [5.74, 6) is 0.710. The summed E-state index contributed by atoms with van der Waals surface area (Å²) >= 11 is 0. The first-order chi connectivity index (χ1) is 8.04. The maximum atomic E-state index is 11.0.